The molecule has 1 aliphatic heterocycles. The number of rotatable bonds is 3. The van der Waals surface area contributed by atoms with Crippen LogP contribution in [0.15, 0.2) is 0 Å². The SMILES string of the molecule is CNOCC1CCN(C)C1. The number of nitrogens with one attached hydrogen (secondary N) is 1. The minimum Gasteiger partial charge on any atom is -0.306 e. The van der Waals surface area contributed by atoms with Gasteiger partial charge in [-0.1, -0.05) is 0 Å². The van der Waals surface area contributed by atoms with Crippen molar-refractivity contribution in [2.45, 2.75) is 6.42 Å². The molecular formula is C7H16N2O. The summed E-state index contributed by atoms with van der Waals surface area (Å²) >= 11 is 0. The van der Waals surface area contributed by atoms with Crippen molar-refractivity contribution < 1.29 is 4.84 Å². The fourth-order valence-electron chi connectivity index (χ4n) is 1.36. The maximum absolute atomic E-state index is 5.09. The maximum Gasteiger partial charge on any atom is 0.0722 e. The van der Waals surface area contributed by atoms with E-state index in [2.05, 4.69) is 17.4 Å². The smallest absolute Gasteiger partial charge is 0.0722 e. The van der Waals surface area contributed by atoms with Crippen LogP contribution in [0.4, 0.5) is 0 Å². The number of hydrogen-bond acceptors (Lipinski definition) is 3. The van der Waals surface area contributed by atoms with Gasteiger partial charge in [-0.2, -0.15) is 0 Å². The summed E-state index contributed by atoms with van der Waals surface area (Å²) in [6, 6.07) is 0. The van der Waals surface area contributed by atoms with Crippen LogP contribution in [0.1, 0.15) is 6.42 Å². The van der Waals surface area contributed by atoms with Crippen molar-refractivity contribution >= 4 is 0 Å². The van der Waals surface area contributed by atoms with Gasteiger partial charge in [0.2, 0.25) is 0 Å². The Morgan fingerprint density at radius 1 is 1.70 bits per heavy atom. The van der Waals surface area contributed by atoms with Crippen molar-refractivity contribution in [3.8, 4) is 0 Å². The van der Waals surface area contributed by atoms with Gasteiger partial charge >= 0.3 is 0 Å². The molecule has 60 valence electrons. The second kappa shape index (κ2) is 3.91. The van der Waals surface area contributed by atoms with Gasteiger partial charge in [-0.25, -0.2) is 5.48 Å². The number of likely N-dealkylation sites (tertiary alicyclic amines) is 1. The van der Waals surface area contributed by atoms with Gasteiger partial charge < -0.3 is 9.74 Å². The molecule has 1 unspecified atom stereocenters. The summed E-state index contributed by atoms with van der Waals surface area (Å²) in [5, 5.41) is 0. The topological polar surface area (TPSA) is 24.5 Å². The van der Waals surface area contributed by atoms with E-state index >= 15 is 0 Å². The Balaban J connectivity index is 2.06. The lowest BCUT2D eigenvalue weighted by Gasteiger charge is -2.09. The lowest BCUT2D eigenvalue weighted by atomic mass is 10.1. The molecule has 1 aliphatic rings. The average molecular weight is 144 g/mol. The predicted octanol–water partition coefficient (Wildman–Crippen LogP) is 0.0891. The first-order valence-electron chi connectivity index (χ1n) is 3.80. The second-order valence-corrected chi connectivity index (χ2v) is 2.93. The molecular weight excluding hydrogens is 128 g/mol. The van der Waals surface area contributed by atoms with Crippen LogP contribution in [0, 0.1) is 5.92 Å². The highest BCUT2D eigenvalue weighted by molar-refractivity contribution is 4.71. The van der Waals surface area contributed by atoms with Crippen LogP contribution in [0.3, 0.4) is 0 Å². The second-order valence-electron chi connectivity index (χ2n) is 2.93. The van der Waals surface area contributed by atoms with Crippen LogP contribution in [0.5, 0.6) is 0 Å². The van der Waals surface area contributed by atoms with Gasteiger partial charge in [0.05, 0.1) is 6.61 Å². The quantitative estimate of drug-likeness (QED) is 0.568. The molecule has 0 aromatic heterocycles. The Hall–Kier alpha value is -0.120. The molecule has 1 atom stereocenters. The number of hydrogen-bond donors (Lipinski definition) is 1. The fraction of sp³-hybridized carbons (Fsp3) is 1.00. The maximum atomic E-state index is 5.09. The minimum atomic E-state index is 0.734. The molecule has 1 rings (SSSR count). The van der Waals surface area contributed by atoms with E-state index in [0.717, 1.165) is 12.5 Å². The van der Waals surface area contributed by atoms with Gasteiger partial charge in [0.1, 0.15) is 0 Å². The van der Waals surface area contributed by atoms with Gasteiger partial charge in [0.25, 0.3) is 0 Å². The van der Waals surface area contributed by atoms with Crippen molar-refractivity contribution in [1.29, 1.82) is 0 Å². The molecule has 0 aromatic rings. The van der Waals surface area contributed by atoms with Crippen LogP contribution in [0.2, 0.25) is 0 Å². The van der Waals surface area contributed by atoms with E-state index in [0.29, 0.717) is 0 Å². The molecule has 3 nitrogen and oxygen atoms in total. The number of nitrogens with zero attached hydrogens (tertiary/aromatic N) is 1. The average Bonchev–Trinajstić information content (AvgIpc) is 2.31. The Labute approximate surface area is 62.3 Å². The molecule has 0 saturated carbocycles. The Morgan fingerprint density at radius 3 is 3.00 bits per heavy atom. The zero-order valence-electron chi connectivity index (χ0n) is 6.76. The molecule has 0 aromatic carbocycles. The van der Waals surface area contributed by atoms with Crippen LogP contribution in [-0.2, 0) is 4.84 Å². The van der Waals surface area contributed by atoms with Gasteiger partial charge in [0.15, 0.2) is 0 Å². The molecule has 1 N–H and O–H groups in total. The highest BCUT2D eigenvalue weighted by atomic mass is 16.6. The molecule has 3 heteroatoms. The molecule has 1 heterocycles. The Kier molecular flexibility index (Phi) is 3.12. The third kappa shape index (κ3) is 2.25. The van der Waals surface area contributed by atoms with Crippen LogP contribution < -0.4 is 5.48 Å². The standard InChI is InChI=1S/C7H16N2O/c1-8-10-6-7-3-4-9(2)5-7/h7-8H,3-6H2,1-2H3. The largest absolute Gasteiger partial charge is 0.306 e. The third-order valence-electron chi connectivity index (χ3n) is 1.95. The van der Waals surface area contributed by atoms with Crippen molar-refractivity contribution in [2.24, 2.45) is 5.92 Å². The summed E-state index contributed by atoms with van der Waals surface area (Å²) in [4.78, 5) is 7.43. The van der Waals surface area contributed by atoms with E-state index in [1.807, 2.05) is 0 Å². The van der Waals surface area contributed by atoms with Crippen molar-refractivity contribution in [2.75, 3.05) is 33.8 Å². The van der Waals surface area contributed by atoms with Gasteiger partial charge in [-0.15, -0.1) is 0 Å². The summed E-state index contributed by atoms with van der Waals surface area (Å²) in [7, 11) is 3.96. The van der Waals surface area contributed by atoms with E-state index in [1.54, 1.807) is 7.05 Å². The molecule has 0 radical (unpaired) electrons. The summed E-state index contributed by atoms with van der Waals surface area (Å²) in [5.74, 6) is 0.734. The Bertz CT molecular complexity index is 97.6. The lowest BCUT2D eigenvalue weighted by Crippen LogP contribution is -2.19. The molecule has 0 bridgehead atoms. The van der Waals surface area contributed by atoms with Crippen molar-refractivity contribution in [3.63, 3.8) is 0 Å². The zero-order chi connectivity index (χ0) is 7.40. The highest BCUT2D eigenvalue weighted by Crippen LogP contribution is 2.13. The van der Waals surface area contributed by atoms with E-state index in [-0.39, 0.29) is 0 Å². The summed E-state index contributed by atoms with van der Waals surface area (Å²) in [6.07, 6.45) is 1.28. The molecule has 0 aliphatic carbocycles. The monoisotopic (exact) mass is 144 g/mol. The van der Waals surface area contributed by atoms with E-state index in [4.69, 9.17) is 4.84 Å². The van der Waals surface area contributed by atoms with Crippen LogP contribution >= 0.6 is 0 Å². The number of hydroxylamine groups is 1. The van der Waals surface area contributed by atoms with Gasteiger partial charge in [-0.3, -0.25) is 0 Å². The fourth-order valence-corrected chi connectivity index (χ4v) is 1.36. The van der Waals surface area contributed by atoms with E-state index < -0.39 is 0 Å². The van der Waals surface area contributed by atoms with Crippen LogP contribution in [-0.4, -0.2) is 38.7 Å². The van der Waals surface area contributed by atoms with E-state index in [1.165, 1.54) is 19.5 Å². The minimum absolute atomic E-state index is 0.734. The van der Waals surface area contributed by atoms with Gasteiger partial charge in [-0.05, 0) is 25.9 Å². The highest BCUT2D eigenvalue weighted by Gasteiger charge is 2.18. The van der Waals surface area contributed by atoms with Crippen LogP contribution in [0.25, 0.3) is 0 Å². The van der Waals surface area contributed by atoms with Crippen molar-refractivity contribution in [3.05, 3.63) is 0 Å². The first kappa shape index (κ1) is 7.98. The Morgan fingerprint density at radius 2 is 2.50 bits per heavy atom. The van der Waals surface area contributed by atoms with Gasteiger partial charge in [0, 0.05) is 13.6 Å². The van der Waals surface area contributed by atoms with E-state index in [9.17, 15) is 0 Å². The summed E-state index contributed by atoms with van der Waals surface area (Å²) in [5.41, 5.74) is 2.69. The molecule has 0 amide bonds. The molecule has 1 saturated heterocycles. The lowest BCUT2D eigenvalue weighted by molar-refractivity contribution is 0.0340. The summed E-state index contributed by atoms with van der Waals surface area (Å²) in [6.45, 7) is 3.25. The molecule has 0 spiro atoms. The molecule has 10 heavy (non-hydrogen) atoms. The van der Waals surface area contributed by atoms with Crippen molar-refractivity contribution in [1.82, 2.24) is 10.4 Å². The first-order chi connectivity index (χ1) is 4.83. The predicted molar refractivity (Wildman–Crippen MR) is 40.6 cm³/mol. The zero-order valence-corrected chi connectivity index (χ0v) is 6.76. The normalized spacial score (nSPS) is 27.6. The molecule has 1 fully saturated rings. The summed E-state index contributed by atoms with van der Waals surface area (Å²) < 4.78 is 0. The first-order valence-corrected chi connectivity index (χ1v) is 3.80. The third-order valence-corrected chi connectivity index (χ3v) is 1.95.